The first-order valence-electron chi connectivity index (χ1n) is 3.26. The number of ketones is 1. The Morgan fingerprint density at radius 1 is 1.70 bits per heavy atom. The van der Waals surface area contributed by atoms with Crippen LogP contribution in [0.4, 0.5) is 0 Å². The van der Waals surface area contributed by atoms with E-state index in [1.807, 2.05) is 4.90 Å². The second kappa shape index (κ2) is 4.58. The monoisotopic (exact) mass is 215 g/mol. The van der Waals surface area contributed by atoms with Crippen LogP contribution in [-0.2, 0) is 37.5 Å². The smallest absolute Gasteiger partial charge is 0.134 e. The topological polar surface area (TPSA) is 20.3 Å². The largest absolute Gasteiger partial charge is 0.459 e. The van der Waals surface area contributed by atoms with E-state index >= 15 is 0 Å². The molecule has 1 rings (SSSR count). The molecule has 0 aromatic rings. The van der Waals surface area contributed by atoms with Crippen molar-refractivity contribution in [2.75, 3.05) is 13.1 Å². The average molecular weight is 215 g/mol. The van der Waals surface area contributed by atoms with E-state index in [0.29, 0.717) is 5.78 Å². The number of carbonyl (C=O) groups is 1. The van der Waals surface area contributed by atoms with Gasteiger partial charge in [-0.1, -0.05) is 0 Å². The number of rotatable bonds is 1. The summed E-state index contributed by atoms with van der Waals surface area (Å²) in [4.78, 5) is 12.7. The number of hydrogen-bond acceptors (Lipinski definition) is 2. The maximum Gasteiger partial charge on any atom is 0.134 e. The van der Waals surface area contributed by atoms with Gasteiger partial charge in [0.25, 0.3) is 0 Å². The van der Waals surface area contributed by atoms with Gasteiger partial charge in [0.15, 0.2) is 0 Å². The maximum absolute atomic E-state index is 10.7. The third-order valence-corrected chi connectivity index (χ3v) is 1.85. The summed E-state index contributed by atoms with van der Waals surface area (Å²) in [7, 11) is 3.75. The number of hydrogen-bond donors (Lipinski definition) is 0. The molecule has 10 heavy (non-hydrogen) atoms. The summed E-state index contributed by atoms with van der Waals surface area (Å²) in [5.74, 6) is 0.573. The van der Waals surface area contributed by atoms with Crippen molar-refractivity contribution in [2.45, 2.75) is 13.3 Å². The fourth-order valence-corrected chi connectivity index (χ4v) is 1.16. The zero-order chi connectivity index (χ0) is 6.85. The van der Waals surface area contributed by atoms with Crippen molar-refractivity contribution < 1.29 is 37.5 Å². The van der Waals surface area contributed by atoms with Crippen molar-refractivity contribution in [3.8, 4) is 0 Å². The SMILES string of the molecule is [CH2-]N1CCC(C(C)=O)C1.[Y]. The van der Waals surface area contributed by atoms with Crippen molar-refractivity contribution in [3.05, 3.63) is 7.05 Å². The summed E-state index contributed by atoms with van der Waals surface area (Å²) in [5, 5.41) is 0. The predicted octanol–water partition coefficient (Wildman–Crippen LogP) is 0.686. The van der Waals surface area contributed by atoms with Crippen LogP contribution in [0.25, 0.3) is 0 Å². The Balaban J connectivity index is 0.000000810. The van der Waals surface area contributed by atoms with Gasteiger partial charge in [-0.2, -0.15) is 0 Å². The van der Waals surface area contributed by atoms with E-state index in [0.717, 1.165) is 19.5 Å². The third-order valence-electron chi connectivity index (χ3n) is 1.85. The molecule has 1 heterocycles. The predicted molar refractivity (Wildman–Crippen MR) is 35.7 cm³/mol. The first-order valence-corrected chi connectivity index (χ1v) is 3.26. The summed E-state index contributed by atoms with van der Waals surface area (Å²) in [5.41, 5.74) is 0. The second-order valence-electron chi connectivity index (χ2n) is 2.67. The molecule has 1 radical (unpaired) electrons. The first-order chi connectivity index (χ1) is 4.20. The summed E-state index contributed by atoms with van der Waals surface area (Å²) in [6.07, 6.45) is 0.999. The zero-order valence-electron chi connectivity index (χ0n) is 6.34. The molecule has 1 saturated heterocycles. The van der Waals surface area contributed by atoms with Crippen LogP contribution in [0.5, 0.6) is 0 Å². The van der Waals surface area contributed by atoms with E-state index in [4.69, 9.17) is 0 Å². The van der Waals surface area contributed by atoms with Crippen LogP contribution in [-0.4, -0.2) is 23.8 Å². The first kappa shape index (κ1) is 10.7. The van der Waals surface area contributed by atoms with Crippen molar-refractivity contribution in [3.63, 3.8) is 0 Å². The van der Waals surface area contributed by atoms with Crippen LogP contribution in [0.15, 0.2) is 0 Å². The third kappa shape index (κ3) is 2.77. The average Bonchev–Trinajstić information content (AvgIpc) is 2.14. The van der Waals surface area contributed by atoms with Crippen LogP contribution in [0.3, 0.4) is 0 Å². The van der Waals surface area contributed by atoms with Crippen LogP contribution >= 0.6 is 0 Å². The molecule has 2 nitrogen and oxygen atoms in total. The Hall–Kier alpha value is 0.734. The van der Waals surface area contributed by atoms with Gasteiger partial charge in [0.2, 0.25) is 0 Å². The Morgan fingerprint density at radius 3 is 2.50 bits per heavy atom. The Labute approximate surface area is 87.2 Å². The van der Waals surface area contributed by atoms with E-state index in [-0.39, 0.29) is 38.6 Å². The summed E-state index contributed by atoms with van der Waals surface area (Å²) >= 11 is 0. The van der Waals surface area contributed by atoms with Crippen LogP contribution < -0.4 is 0 Å². The molecule has 1 fully saturated rings. The van der Waals surface area contributed by atoms with Crippen molar-refractivity contribution >= 4 is 5.78 Å². The molecule has 0 aliphatic carbocycles. The molecular formula is C7H12NOY-. The molecule has 0 amide bonds. The quantitative estimate of drug-likeness (QED) is 0.599. The molecule has 1 unspecified atom stereocenters. The maximum atomic E-state index is 10.7. The second-order valence-corrected chi connectivity index (χ2v) is 2.67. The minimum absolute atomic E-state index is 0. The van der Waals surface area contributed by atoms with Gasteiger partial charge in [0.1, 0.15) is 5.78 Å². The zero-order valence-corrected chi connectivity index (χ0v) is 9.18. The summed E-state index contributed by atoms with van der Waals surface area (Å²) in [6.45, 7) is 3.49. The molecule has 1 atom stereocenters. The van der Waals surface area contributed by atoms with E-state index < -0.39 is 0 Å². The van der Waals surface area contributed by atoms with Gasteiger partial charge < -0.3 is 4.90 Å². The van der Waals surface area contributed by atoms with Gasteiger partial charge in [0, 0.05) is 38.6 Å². The van der Waals surface area contributed by atoms with Crippen molar-refractivity contribution in [1.29, 1.82) is 0 Å². The summed E-state index contributed by atoms with van der Waals surface area (Å²) in [6, 6.07) is 0. The molecule has 0 spiro atoms. The van der Waals surface area contributed by atoms with E-state index in [1.165, 1.54) is 0 Å². The molecular weight excluding hydrogens is 203 g/mol. The molecule has 1 aliphatic heterocycles. The van der Waals surface area contributed by atoms with Gasteiger partial charge in [-0.3, -0.25) is 11.8 Å². The minimum Gasteiger partial charge on any atom is -0.459 e. The van der Waals surface area contributed by atoms with E-state index in [1.54, 1.807) is 6.92 Å². The molecule has 3 heteroatoms. The fourth-order valence-electron chi connectivity index (χ4n) is 1.16. The fraction of sp³-hybridized carbons (Fsp3) is 0.714. The molecule has 0 saturated carbocycles. The number of carbonyl (C=O) groups excluding carboxylic acids is 1. The van der Waals surface area contributed by atoms with Gasteiger partial charge >= 0.3 is 0 Å². The number of likely N-dealkylation sites (tertiary alicyclic amines) is 1. The normalized spacial score (nSPS) is 26.0. The van der Waals surface area contributed by atoms with Crippen molar-refractivity contribution in [2.24, 2.45) is 5.92 Å². The van der Waals surface area contributed by atoms with Crippen LogP contribution in [0, 0.1) is 13.0 Å². The molecule has 55 valence electrons. The minimum atomic E-state index is 0. The van der Waals surface area contributed by atoms with Crippen LogP contribution in [0.1, 0.15) is 13.3 Å². The molecule has 0 aromatic carbocycles. The van der Waals surface area contributed by atoms with Gasteiger partial charge in [-0.05, 0) is 26.4 Å². The molecule has 0 aromatic heterocycles. The van der Waals surface area contributed by atoms with Gasteiger partial charge in [0.05, 0.1) is 0 Å². The molecule has 0 N–H and O–H groups in total. The summed E-state index contributed by atoms with van der Waals surface area (Å²) < 4.78 is 0. The van der Waals surface area contributed by atoms with Crippen molar-refractivity contribution in [1.82, 2.24) is 4.90 Å². The number of Topliss-reactive ketones (excluding diaryl/α,β-unsaturated/α-hetero) is 1. The van der Waals surface area contributed by atoms with Crippen LogP contribution in [0.2, 0.25) is 0 Å². The molecule has 1 aliphatic rings. The van der Waals surface area contributed by atoms with Gasteiger partial charge in [-0.15, -0.1) is 0 Å². The molecule has 0 bridgehead atoms. The van der Waals surface area contributed by atoms with E-state index in [9.17, 15) is 4.79 Å². The Kier molecular flexibility index (Phi) is 4.92. The Bertz CT molecular complexity index is 127. The number of nitrogens with zero attached hydrogens (tertiary/aromatic N) is 1. The van der Waals surface area contributed by atoms with E-state index in [2.05, 4.69) is 7.05 Å². The Morgan fingerprint density at radius 2 is 2.30 bits per heavy atom. The standard InChI is InChI=1S/C7H12NO.Y/c1-6(9)7-3-4-8(2)5-7;/h7H,2-5H2,1H3;/q-1;. The van der Waals surface area contributed by atoms with Gasteiger partial charge in [-0.25, -0.2) is 0 Å².